The second kappa shape index (κ2) is 9.90. The lowest BCUT2D eigenvalue weighted by molar-refractivity contribution is 0.102. The Morgan fingerprint density at radius 2 is 1.76 bits per heavy atom. The van der Waals surface area contributed by atoms with Crippen molar-refractivity contribution in [3.63, 3.8) is 0 Å². The molecule has 0 aromatic carbocycles. The third kappa shape index (κ3) is 7.77. The third-order valence-corrected chi connectivity index (χ3v) is 3.60. The number of ether oxygens (including phenoxy) is 1. The summed E-state index contributed by atoms with van der Waals surface area (Å²) in [7, 11) is 0. The van der Waals surface area contributed by atoms with E-state index in [9.17, 15) is 0 Å². The third-order valence-electron chi connectivity index (χ3n) is 3.60. The van der Waals surface area contributed by atoms with Gasteiger partial charge in [0.25, 0.3) is 0 Å². The Bertz CT molecular complexity index is 168. The average Bonchev–Trinajstić information content (AvgIpc) is 3.15. The highest BCUT2D eigenvalue weighted by atomic mass is 16.5. The van der Waals surface area contributed by atoms with Crippen LogP contribution in [0.4, 0.5) is 0 Å². The normalized spacial score (nSPS) is 17.3. The Morgan fingerprint density at radius 1 is 1.06 bits per heavy atom. The van der Waals surface area contributed by atoms with Gasteiger partial charge in [-0.1, -0.05) is 46.0 Å². The molecule has 0 spiro atoms. The molecular formula is C15H31NO. The maximum atomic E-state index is 5.79. The fraction of sp³-hybridized carbons (Fsp3) is 1.00. The minimum atomic E-state index is 0.625. The SMILES string of the molecule is CCCCCCCCOCC(NCC)C1CC1. The van der Waals surface area contributed by atoms with Gasteiger partial charge in [-0.25, -0.2) is 0 Å². The molecule has 0 bridgehead atoms. The second-order valence-corrected chi connectivity index (χ2v) is 5.34. The molecule has 17 heavy (non-hydrogen) atoms. The zero-order valence-electron chi connectivity index (χ0n) is 11.8. The summed E-state index contributed by atoms with van der Waals surface area (Å²) < 4.78 is 5.79. The molecule has 1 aliphatic rings. The van der Waals surface area contributed by atoms with Gasteiger partial charge >= 0.3 is 0 Å². The summed E-state index contributed by atoms with van der Waals surface area (Å²) in [6, 6.07) is 0.625. The van der Waals surface area contributed by atoms with Crippen LogP contribution in [0.15, 0.2) is 0 Å². The molecule has 1 unspecified atom stereocenters. The van der Waals surface area contributed by atoms with Gasteiger partial charge < -0.3 is 10.1 Å². The molecule has 2 nitrogen and oxygen atoms in total. The summed E-state index contributed by atoms with van der Waals surface area (Å²) in [5, 5.41) is 3.54. The second-order valence-electron chi connectivity index (χ2n) is 5.34. The van der Waals surface area contributed by atoms with Crippen molar-refractivity contribution in [3.05, 3.63) is 0 Å². The molecule has 0 heterocycles. The van der Waals surface area contributed by atoms with E-state index in [4.69, 9.17) is 4.74 Å². The first-order valence-corrected chi connectivity index (χ1v) is 7.69. The predicted molar refractivity (Wildman–Crippen MR) is 74.4 cm³/mol. The van der Waals surface area contributed by atoms with E-state index in [1.54, 1.807) is 0 Å². The highest BCUT2D eigenvalue weighted by Crippen LogP contribution is 2.32. The molecule has 1 N–H and O–H groups in total. The minimum Gasteiger partial charge on any atom is -0.380 e. The molecule has 2 heteroatoms. The number of hydrogen-bond donors (Lipinski definition) is 1. The van der Waals surface area contributed by atoms with Crippen LogP contribution in [0.3, 0.4) is 0 Å². The fourth-order valence-corrected chi connectivity index (χ4v) is 2.32. The van der Waals surface area contributed by atoms with Crippen LogP contribution in [0.25, 0.3) is 0 Å². The number of likely N-dealkylation sites (N-methyl/N-ethyl adjacent to an activating group) is 1. The van der Waals surface area contributed by atoms with Crippen LogP contribution in [-0.2, 0) is 4.74 Å². The van der Waals surface area contributed by atoms with Crippen molar-refractivity contribution >= 4 is 0 Å². The van der Waals surface area contributed by atoms with E-state index in [-0.39, 0.29) is 0 Å². The summed E-state index contributed by atoms with van der Waals surface area (Å²) in [6.07, 6.45) is 10.9. The predicted octanol–water partition coefficient (Wildman–Crippen LogP) is 3.75. The first kappa shape index (κ1) is 15.0. The molecule has 1 atom stereocenters. The standard InChI is InChI=1S/C15H31NO/c1-3-5-6-7-8-9-12-17-13-15(16-4-2)14-10-11-14/h14-16H,3-13H2,1-2H3. The summed E-state index contributed by atoms with van der Waals surface area (Å²) in [4.78, 5) is 0. The van der Waals surface area contributed by atoms with E-state index in [2.05, 4.69) is 19.2 Å². The van der Waals surface area contributed by atoms with Gasteiger partial charge in [0.1, 0.15) is 0 Å². The van der Waals surface area contributed by atoms with E-state index in [1.165, 1.54) is 51.4 Å². The molecule has 0 aliphatic heterocycles. The Balaban J connectivity index is 1.85. The largest absolute Gasteiger partial charge is 0.380 e. The molecule has 1 fully saturated rings. The molecule has 102 valence electrons. The molecule has 0 saturated heterocycles. The van der Waals surface area contributed by atoms with Gasteiger partial charge in [0, 0.05) is 12.6 Å². The summed E-state index contributed by atoms with van der Waals surface area (Å²) in [6.45, 7) is 7.40. The fourth-order valence-electron chi connectivity index (χ4n) is 2.32. The Labute approximate surface area is 108 Å². The smallest absolute Gasteiger partial charge is 0.0622 e. The maximum Gasteiger partial charge on any atom is 0.0622 e. The van der Waals surface area contributed by atoms with Gasteiger partial charge in [0.15, 0.2) is 0 Å². The molecule has 0 aromatic heterocycles. The van der Waals surface area contributed by atoms with Crippen LogP contribution >= 0.6 is 0 Å². The zero-order chi connectivity index (χ0) is 12.3. The number of hydrogen-bond acceptors (Lipinski definition) is 2. The average molecular weight is 241 g/mol. The molecule has 1 aliphatic carbocycles. The molecule has 0 amide bonds. The van der Waals surface area contributed by atoms with Crippen molar-refractivity contribution < 1.29 is 4.74 Å². The van der Waals surface area contributed by atoms with E-state index in [0.29, 0.717) is 6.04 Å². The van der Waals surface area contributed by atoms with Crippen LogP contribution in [0.1, 0.15) is 65.2 Å². The minimum absolute atomic E-state index is 0.625. The molecule has 1 rings (SSSR count). The van der Waals surface area contributed by atoms with E-state index < -0.39 is 0 Å². The molecule has 0 radical (unpaired) electrons. The summed E-state index contributed by atoms with van der Waals surface area (Å²) in [5.74, 6) is 0.902. The van der Waals surface area contributed by atoms with Gasteiger partial charge in [-0.15, -0.1) is 0 Å². The van der Waals surface area contributed by atoms with Gasteiger partial charge in [0.2, 0.25) is 0 Å². The lowest BCUT2D eigenvalue weighted by Gasteiger charge is -2.17. The van der Waals surface area contributed by atoms with Crippen LogP contribution in [0, 0.1) is 5.92 Å². The number of nitrogens with one attached hydrogen (secondary N) is 1. The summed E-state index contributed by atoms with van der Waals surface area (Å²) >= 11 is 0. The van der Waals surface area contributed by atoms with E-state index >= 15 is 0 Å². The van der Waals surface area contributed by atoms with Crippen molar-refractivity contribution in [1.82, 2.24) is 5.32 Å². The van der Waals surface area contributed by atoms with Gasteiger partial charge in [-0.05, 0) is 31.7 Å². The lowest BCUT2D eigenvalue weighted by atomic mass is 10.1. The van der Waals surface area contributed by atoms with Crippen molar-refractivity contribution in [3.8, 4) is 0 Å². The number of rotatable bonds is 12. The van der Waals surface area contributed by atoms with Crippen LogP contribution in [0.5, 0.6) is 0 Å². The van der Waals surface area contributed by atoms with E-state index in [0.717, 1.165) is 25.7 Å². The first-order valence-electron chi connectivity index (χ1n) is 7.69. The molecule has 0 aromatic rings. The Hall–Kier alpha value is -0.0800. The summed E-state index contributed by atoms with van der Waals surface area (Å²) in [5.41, 5.74) is 0. The van der Waals surface area contributed by atoms with Crippen molar-refractivity contribution in [2.24, 2.45) is 5.92 Å². The highest BCUT2D eigenvalue weighted by Gasteiger charge is 2.30. The van der Waals surface area contributed by atoms with Crippen LogP contribution in [-0.4, -0.2) is 25.8 Å². The Morgan fingerprint density at radius 3 is 2.41 bits per heavy atom. The van der Waals surface area contributed by atoms with E-state index in [1.807, 2.05) is 0 Å². The van der Waals surface area contributed by atoms with Gasteiger partial charge in [-0.2, -0.15) is 0 Å². The van der Waals surface area contributed by atoms with Crippen LogP contribution < -0.4 is 5.32 Å². The number of unbranched alkanes of at least 4 members (excludes halogenated alkanes) is 5. The Kier molecular flexibility index (Phi) is 8.72. The van der Waals surface area contributed by atoms with Crippen molar-refractivity contribution in [1.29, 1.82) is 0 Å². The topological polar surface area (TPSA) is 21.3 Å². The van der Waals surface area contributed by atoms with Crippen molar-refractivity contribution in [2.45, 2.75) is 71.3 Å². The molecular weight excluding hydrogens is 210 g/mol. The lowest BCUT2D eigenvalue weighted by Crippen LogP contribution is -2.35. The van der Waals surface area contributed by atoms with Gasteiger partial charge in [-0.3, -0.25) is 0 Å². The first-order chi connectivity index (χ1) is 8.38. The zero-order valence-corrected chi connectivity index (χ0v) is 11.8. The monoisotopic (exact) mass is 241 g/mol. The van der Waals surface area contributed by atoms with Crippen LogP contribution in [0.2, 0.25) is 0 Å². The quantitative estimate of drug-likeness (QED) is 0.525. The highest BCUT2D eigenvalue weighted by molar-refractivity contribution is 4.85. The van der Waals surface area contributed by atoms with Gasteiger partial charge in [0.05, 0.1) is 6.61 Å². The molecule has 1 saturated carbocycles. The van der Waals surface area contributed by atoms with Crippen molar-refractivity contribution in [2.75, 3.05) is 19.8 Å². The maximum absolute atomic E-state index is 5.79.